The van der Waals surface area contributed by atoms with Gasteiger partial charge in [-0.25, -0.2) is 14.0 Å². The molecule has 3 aromatic heterocycles. The summed E-state index contributed by atoms with van der Waals surface area (Å²) >= 11 is 0. The van der Waals surface area contributed by atoms with Gasteiger partial charge in [0.15, 0.2) is 0 Å². The molecule has 0 aliphatic carbocycles. The van der Waals surface area contributed by atoms with Crippen LogP contribution in [-0.2, 0) is 0 Å². The molecular weight excluding hydrogens is 204 g/mol. The molecule has 0 saturated heterocycles. The van der Waals surface area contributed by atoms with Crippen molar-refractivity contribution in [2.45, 2.75) is 0 Å². The van der Waals surface area contributed by atoms with Crippen molar-refractivity contribution in [1.29, 1.82) is 0 Å². The monoisotopic (exact) mass is 213 g/mol. The van der Waals surface area contributed by atoms with Gasteiger partial charge in [0.1, 0.15) is 0 Å². The normalized spacial score (nSPS) is 10.5. The van der Waals surface area contributed by atoms with Crippen LogP contribution >= 0.6 is 0 Å². The van der Waals surface area contributed by atoms with Crippen molar-refractivity contribution in [2.75, 3.05) is 0 Å². The second-order valence-corrected chi connectivity index (χ2v) is 3.15. The van der Waals surface area contributed by atoms with Crippen molar-refractivity contribution < 1.29 is 14.0 Å². The van der Waals surface area contributed by atoms with Gasteiger partial charge in [-0.3, -0.25) is 0 Å². The van der Waals surface area contributed by atoms with Gasteiger partial charge in [0.2, 0.25) is 0 Å². The summed E-state index contributed by atoms with van der Waals surface area (Å²) in [6, 6.07) is 5.56. The highest BCUT2D eigenvalue weighted by Crippen LogP contribution is 1.84. The van der Waals surface area contributed by atoms with Crippen LogP contribution < -0.4 is 14.0 Å². The van der Waals surface area contributed by atoms with Crippen molar-refractivity contribution in [3.8, 4) is 0 Å². The Kier molecular flexibility index (Phi) is 1.96. The topological polar surface area (TPSA) is 50.3 Å². The fourth-order valence-electron chi connectivity index (χ4n) is 1.48. The molecule has 3 rings (SSSR count). The van der Waals surface area contributed by atoms with E-state index in [0.29, 0.717) is 0 Å². The van der Waals surface area contributed by atoms with E-state index in [0.717, 1.165) is 6.29 Å². The molecule has 6 nitrogen and oxygen atoms in total. The lowest BCUT2D eigenvalue weighted by Crippen LogP contribution is -2.73. The van der Waals surface area contributed by atoms with Crippen LogP contribution in [0.1, 0.15) is 0 Å². The summed E-state index contributed by atoms with van der Waals surface area (Å²) in [4.78, 5) is 0. The second kappa shape index (κ2) is 3.58. The number of hydrogen-bond donors (Lipinski definition) is 0. The van der Waals surface area contributed by atoms with Gasteiger partial charge in [0.25, 0.3) is 0 Å². The molecule has 16 heavy (non-hydrogen) atoms. The highest BCUT2D eigenvalue weighted by atomic mass is 15.6. The molecule has 3 aromatic rings. The Bertz CT molecular complexity index is 440. The van der Waals surface area contributed by atoms with E-state index in [9.17, 15) is 0 Å². The minimum Gasteiger partial charge on any atom is -0.249 e. The third kappa shape index (κ3) is 1.36. The smallest absolute Gasteiger partial charge is 0.249 e. The molecule has 0 unspecified atom stereocenters. The van der Waals surface area contributed by atoms with Crippen molar-refractivity contribution in [2.24, 2.45) is 0 Å². The van der Waals surface area contributed by atoms with Crippen LogP contribution in [-0.4, -0.2) is 15.3 Å². The Hall–Kier alpha value is -2.50. The second-order valence-electron chi connectivity index (χ2n) is 3.15. The van der Waals surface area contributed by atoms with Gasteiger partial charge in [0, 0.05) is 0 Å². The maximum Gasteiger partial charge on any atom is 0.420 e. The standard InChI is InChI=1S/C10H9N6/c1-4-11-14(7-1)10(15-8-2-5-12-15)16-9-3-6-13-16/h1-9H/q-1. The van der Waals surface area contributed by atoms with Crippen LogP contribution in [0, 0.1) is 6.29 Å². The van der Waals surface area contributed by atoms with Crippen LogP contribution in [0.3, 0.4) is 0 Å². The predicted molar refractivity (Wildman–Crippen MR) is 49.5 cm³/mol. The molecule has 0 radical (unpaired) electrons. The minimum absolute atomic E-state index is 0.736. The molecule has 0 aliphatic rings. The summed E-state index contributed by atoms with van der Waals surface area (Å²) < 4.78 is 5.12. The van der Waals surface area contributed by atoms with E-state index in [1.165, 1.54) is 0 Å². The number of hydrogen-bond acceptors (Lipinski definition) is 3. The van der Waals surface area contributed by atoms with Gasteiger partial charge in [-0.2, -0.15) is 0 Å². The first-order valence-corrected chi connectivity index (χ1v) is 4.82. The first kappa shape index (κ1) is 8.78. The maximum atomic E-state index is 4.19. The zero-order chi connectivity index (χ0) is 10.8. The molecule has 0 bridgehead atoms. The van der Waals surface area contributed by atoms with Crippen LogP contribution in [0.2, 0.25) is 0 Å². The molecule has 0 aliphatic heterocycles. The molecular formula is C10H9N6-. The molecule has 0 saturated carbocycles. The van der Waals surface area contributed by atoms with Crippen LogP contribution in [0.5, 0.6) is 0 Å². The third-order valence-corrected chi connectivity index (χ3v) is 2.13. The van der Waals surface area contributed by atoms with E-state index in [1.807, 2.05) is 36.8 Å². The van der Waals surface area contributed by atoms with Gasteiger partial charge in [-0.15, -0.1) is 18.2 Å². The van der Waals surface area contributed by atoms with Crippen molar-refractivity contribution >= 4 is 0 Å². The molecule has 0 spiro atoms. The lowest BCUT2D eigenvalue weighted by Gasteiger charge is -2.14. The molecule has 80 valence electrons. The molecule has 0 fully saturated rings. The van der Waals surface area contributed by atoms with Crippen molar-refractivity contribution in [3.05, 3.63) is 61.7 Å². The molecule has 6 heteroatoms. The lowest BCUT2D eigenvalue weighted by atomic mass is 10.7. The van der Waals surface area contributed by atoms with E-state index < -0.39 is 0 Å². The van der Waals surface area contributed by atoms with Gasteiger partial charge in [-0.1, -0.05) is 33.9 Å². The molecule has 0 amide bonds. The Balaban J connectivity index is 2.09. The number of rotatable bonds is 3. The predicted octanol–water partition coefficient (Wildman–Crippen LogP) is -1.72. The Morgan fingerprint density at radius 2 is 1.06 bits per heavy atom. The summed E-state index contributed by atoms with van der Waals surface area (Å²) in [5.74, 6) is 0. The van der Waals surface area contributed by atoms with Gasteiger partial charge in [-0.05, 0) is 0 Å². The largest absolute Gasteiger partial charge is 0.420 e. The average Bonchev–Trinajstić information content (AvgIpc) is 3.02. The van der Waals surface area contributed by atoms with E-state index in [4.69, 9.17) is 0 Å². The molecule has 3 heterocycles. The van der Waals surface area contributed by atoms with Crippen LogP contribution in [0.15, 0.2) is 55.4 Å². The van der Waals surface area contributed by atoms with E-state index in [1.54, 1.807) is 32.6 Å². The average molecular weight is 213 g/mol. The molecule has 0 N–H and O–H groups in total. The van der Waals surface area contributed by atoms with Crippen molar-refractivity contribution in [3.63, 3.8) is 0 Å². The third-order valence-electron chi connectivity index (χ3n) is 2.13. The van der Waals surface area contributed by atoms with Crippen molar-refractivity contribution in [1.82, 2.24) is 15.3 Å². The maximum absolute atomic E-state index is 4.19. The lowest BCUT2D eigenvalue weighted by molar-refractivity contribution is -1.06. The summed E-state index contributed by atoms with van der Waals surface area (Å²) in [6.07, 6.45) is 11.4. The van der Waals surface area contributed by atoms with Crippen LogP contribution in [0.4, 0.5) is 0 Å². The Labute approximate surface area is 91.7 Å². The first-order valence-electron chi connectivity index (χ1n) is 4.82. The Morgan fingerprint density at radius 1 is 0.688 bits per heavy atom. The fourth-order valence-corrected chi connectivity index (χ4v) is 1.48. The van der Waals surface area contributed by atoms with Gasteiger partial charge >= 0.3 is 6.29 Å². The highest BCUT2D eigenvalue weighted by Gasteiger charge is 2.20. The summed E-state index contributed by atoms with van der Waals surface area (Å²) in [6.45, 7) is 0. The van der Waals surface area contributed by atoms with Gasteiger partial charge in [0.05, 0.1) is 18.6 Å². The summed E-state index contributed by atoms with van der Waals surface area (Å²) in [5, 5.41) is 12.6. The summed E-state index contributed by atoms with van der Waals surface area (Å²) in [5.41, 5.74) is 0. The fraction of sp³-hybridized carbons (Fsp3) is 0. The molecule has 0 atom stereocenters. The zero-order valence-electron chi connectivity index (χ0n) is 8.38. The Morgan fingerprint density at radius 3 is 1.31 bits per heavy atom. The first-order chi connectivity index (χ1) is 7.95. The van der Waals surface area contributed by atoms with Crippen LogP contribution in [0.25, 0.3) is 0 Å². The van der Waals surface area contributed by atoms with Gasteiger partial charge < -0.3 is 0 Å². The quantitative estimate of drug-likeness (QED) is 0.384. The number of aromatic nitrogens is 6. The minimum atomic E-state index is 0.736. The highest BCUT2D eigenvalue weighted by molar-refractivity contribution is 4.72. The molecule has 0 aromatic carbocycles. The van der Waals surface area contributed by atoms with E-state index in [2.05, 4.69) is 15.3 Å². The number of nitrogens with zero attached hydrogens (tertiary/aromatic N) is 6. The van der Waals surface area contributed by atoms with E-state index in [-0.39, 0.29) is 0 Å². The SMILES string of the molecule is c1cn[n+]([C-]([n+]2[cH-]ccn2)[n+]2[cH-]ccn2)[cH-]1. The summed E-state index contributed by atoms with van der Waals surface area (Å²) in [7, 11) is 0. The zero-order valence-corrected chi connectivity index (χ0v) is 8.38. The van der Waals surface area contributed by atoms with E-state index >= 15 is 0 Å².